The Morgan fingerprint density at radius 3 is 2.08 bits per heavy atom. The minimum Gasteiger partial charge on any atom is -0.480 e. The smallest absolute Gasteiger partial charge is 0.416 e. The van der Waals surface area contributed by atoms with Crippen molar-refractivity contribution in [3.8, 4) is 0 Å². The Kier molecular flexibility index (Phi) is 8.33. The summed E-state index contributed by atoms with van der Waals surface area (Å²) in [5.41, 5.74) is -3.42. The summed E-state index contributed by atoms with van der Waals surface area (Å²) in [5.74, 6) is -1.91. The number of aliphatic carboxylic acids is 1. The number of carboxylic acids is 1. The Balaban J connectivity index is 1.60. The van der Waals surface area contributed by atoms with Crippen LogP contribution in [0.3, 0.4) is 0 Å². The Morgan fingerprint density at radius 1 is 1.00 bits per heavy atom. The van der Waals surface area contributed by atoms with Crippen molar-refractivity contribution in [2.24, 2.45) is 5.92 Å². The highest BCUT2D eigenvalue weighted by Crippen LogP contribution is 2.45. The molecule has 2 aliphatic rings. The number of hydrogen-bond acceptors (Lipinski definition) is 3. The second-order valence-electron chi connectivity index (χ2n) is 10.5. The maximum absolute atomic E-state index is 13.7. The molecule has 0 radical (unpaired) electrons. The van der Waals surface area contributed by atoms with Crippen LogP contribution in [0, 0.1) is 11.7 Å². The van der Waals surface area contributed by atoms with Gasteiger partial charge in [0.1, 0.15) is 11.4 Å². The topological polar surface area (TPSA) is 58.6 Å². The van der Waals surface area contributed by atoms with Crippen LogP contribution in [0.4, 0.5) is 30.7 Å². The molecule has 0 bridgehead atoms. The van der Waals surface area contributed by atoms with Gasteiger partial charge in [0.15, 0.2) is 0 Å². The summed E-state index contributed by atoms with van der Waals surface area (Å²) in [4.78, 5) is 12.0. The van der Waals surface area contributed by atoms with Gasteiger partial charge in [-0.25, -0.2) is 4.39 Å². The van der Waals surface area contributed by atoms with Crippen molar-refractivity contribution in [2.75, 3.05) is 6.54 Å². The molecule has 4 rings (SSSR count). The summed E-state index contributed by atoms with van der Waals surface area (Å²) in [6.45, 7) is 1.73. The largest absolute Gasteiger partial charge is 0.480 e. The van der Waals surface area contributed by atoms with Crippen molar-refractivity contribution in [1.29, 1.82) is 0 Å². The normalized spacial score (nSPS) is 24.2. The first kappa shape index (κ1) is 29.3. The highest BCUT2D eigenvalue weighted by Gasteiger charge is 2.44. The molecule has 11 heteroatoms. The molecule has 4 nitrogen and oxygen atoms in total. The Bertz CT molecular complexity index is 1120. The average Bonchev–Trinajstić information content (AvgIpc) is 3.50. The van der Waals surface area contributed by atoms with Gasteiger partial charge in [-0.2, -0.15) is 26.3 Å². The number of ether oxygens (including phenoxy) is 1. The van der Waals surface area contributed by atoms with Crippen LogP contribution in [-0.4, -0.2) is 29.3 Å². The van der Waals surface area contributed by atoms with Gasteiger partial charge in [0, 0.05) is 5.92 Å². The van der Waals surface area contributed by atoms with E-state index in [9.17, 15) is 40.6 Å². The van der Waals surface area contributed by atoms with E-state index in [1.807, 2.05) is 0 Å². The third-order valence-corrected chi connectivity index (χ3v) is 8.01. The Hall–Kier alpha value is -2.66. The van der Waals surface area contributed by atoms with E-state index in [0.29, 0.717) is 49.9 Å². The van der Waals surface area contributed by atoms with Crippen molar-refractivity contribution in [2.45, 2.75) is 81.5 Å². The summed E-state index contributed by atoms with van der Waals surface area (Å²) in [7, 11) is 0. The van der Waals surface area contributed by atoms with Gasteiger partial charge >= 0.3 is 18.3 Å². The van der Waals surface area contributed by atoms with Crippen LogP contribution in [-0.2, 0) is 21.9 Å². The van der Waals surface area contributed by atoms with Crippen LogP contribution in [0.25, 0.3) is 0 Å². The van der Waals surface area contributed by atoms with E-state index in [2.05, 4.69) is 5.32 Å². The predicted octanol–water partition coefficient (Wildman–Crippen LogP) is 7.49. The molecular weight excluding hydrogens is 531 g/mol. The molecule has 0 heterocycles. The zero-order valence-corrected chi connectivity index (χ0v) is 21.2. The van der Waals surface area contributed by atoms with Crippen LogP contribution in [0.2, 0.25) is 0 Å². The lowest BCUT2D eigenvalue weighted by atomic mass is 9.86. The molecular formula is C28H30F7NO3. The van der Waals surface area contributed by atoms with Crippen molar-refractivity contribution in [3.63, 3.8) is 0 Å². The second-order valence-corrected chi connectivity index (χ2v) is 10.5. The van der Waals surface area contributed by atoms with Crippen LogP contribution >= 0.6 is 0 Å². The van der Waals surface area contributed by atoms with Gasteiger partial charge in [0.2, 0.25) is 0 Å². The maximum Gasteiger partial charge on any atom is 0.416 e. The van der Waals surface area contributed by atoms with Crippen LogP contribution < -0.4 is 5.32 Å². The van der Waals surface area contributed by atoms with E-state index in [1.54, 1.807) is 12.1 Å². The zero-order valence-electron chi connectivity index (χ0n) is 21.2. The third kappa shape index (κ3) is 6.57. The van der Waals surface area contributed by atoms with Gasteiger partial charge in [-0.3, -0.25) is 4.79 Å². The van der Waals surface area contributed by atoms with E-state index in [0.717, 1.165) is 12.8 Å². The quantitative estimate of drug-likeness (QED) is 0.328. The number of alkyl halides is 6. The number of carbonyl (C=O) groups is 1. The number of halogens is 7. The number of carboxylic acid groups (broad SMARTS) is 1. The van der Waals surface area contributed by atoms with Crippen molar-refractivity contribution in [1.82, 2.24) is 5.32 Å². The average molecular weight is 562 g/mol. The minimum atomic E-state index is -4.98. The number of nitrogens with one attached hydrogen (secondary N) is 1. The fourth-order valence-corrected chi connectivity index (χ4v) is 5.92. The summed E-state index contributed by atoms with van der Waals surface area (Å²) in [6.07, 6.45) is -8.07. The second kappa shape index (κ2) is 11.1. The first-order valence-corrected chi connectivity index (χ1v) is 12.9. The summed E-state index contributed by atoms with van der Waals surface area (Å²) >= 11 is 0. The van der Waals surface area contributed by atoms with E-state index >= 15 is 0 Å². The lowest BCUT2D eigenvalue weighted by Gasteiger charge is -2.32. The SMILES string of the molecule is C[C@H](OC1CCC(CNC2(C(=O)O)CCCC2)C1c1ccc(F)cc1)c1cc(C(F)(F)F)cc(C(F)(F)F)c1. The van der Waals surface area contributed by atoms with E-state index in [1.165, 1.54) is 19.1 Å². The number of hydrogen-bond donors (Lipinski definition) is 2. The molecule has 2 saturated carbocycles. The van der Waals surface area contributed by atoms with Gasteiger partial charge in [0.05, 0.1) is 23.3 Å². The monoisotopic (exact) mass is 561 g/mol. The molecule has 0 aliphatic heterocycles. The molecule has 4 atom stereocenters. The van der Waals surface area contributed by atoms with Crippen LogP contribution in [0.5, 0.6) is 0 Å². The number of benzene rings is 2. The molecule has 2 aromatic rings. The molecule has 39 heavy (non-hydrogen) atoms. The molecule has 2 N–H and O–H groups in total. The van der Waals surface area contributed by atoms with Gasteiger partial charge in [0.25, 0.3) is 0 Å². The van der Waals surface area contributed by atoms with E-state index in [-0.39, 0.29) is 23.5 Å². The van der Waals surface area contributed by atoms with Gasteiger partial charge in [-0.15, -0.1) is 0 Å². The van der Waals surface area contributed by atoms with Crippen molar-refractivity contribution >= 4 is 5.97 Å². The fourth-order valence-electron chi connectivity index (χ4n) is 5.92. The molecule has 0 spiro atoms. The van der Waals surface area contributed by atoms with Gasteiger partial charge in [-0.05, 0) is 86.5 Å². The van der Waals surface area contributed by atoms with E-state index in [4.69, 9.17) is 4.74 Å². The van der Waals surface area contributed by atoms with E-state index < -0.39 is 53.0 Å². The Labute approximate surface area is 221 Å². The fraction of sp³-hybridized carbons (Fsp3) is 0.536. The molecule has 0 aromatic heterocycles. The van der Waals surface area contributed by atoms with Crippen LogP contribution in [0.1, 0.15) is 79.7 Å². The minimum absolute atomic E-state index is 0.0795. The molecule has 2 aromatic carbocycles. The molecule has 3 unspecified atom stereocenters. The van der Waals surface area contributed by atoms with Crippen LogP contribution in [0.15, 0.2) is 42.5 Å². The van der Waals surface area contributed by atoms with Crippen molar-refractivity contribution in [3.05, 3.63) is 70.5 Å². The standard InChI is InChI=1S/C28H30F7NO3/c1-16(19-12-20(27(30,31)32)14-21(13-19)28(33,34)35)39-23-9-6-18(24(23)17-4-7-22(29)8-5-17)15-36-26(25(37)38)10-2-3-11-26/h4-5,7-8,12-14,16,18,23-24,36H,2-3,6,9-11,15H2,1H3,(H,37,38)/t16-,18?,23?,24?/m0/s1. The van der Waals surface area contributed by atoms with Crippen molar-refractivity contribution < 1.29 is 45.4 Å². The third-order valence-electron chi connectivity index (χ3n) is 8.01. The zero-order chi connectivity index (χ0) is 28.6. The first-order valence-electron chi connectivity index (χ1n) is 12.9. The first-order chi connectivity index (χ1) is 18.2. The van der Waals surface area contributed by atoms with Gasteiger partial charge in [-0.1, -0.05) is 25.0 Å². The highest BCUT2D eigenvalue weighted by molar-refractivity contribution is 5.79. The summed E-state index contributed by atoms with van der Waals surface area (Å²) < 4.78 is 100. The lowest BCUT2D eigenvalue weighted by Crippen LogP contribution is -2.51. The maximum atomic E-state index is 13.7. The molecule has 0 amide bonds. The summed E-state index contributed by atoms with van der Waals surface area (Å²) in [5, 5.41) is 13.0. The predicted molar refractivity (Wildman–Crippen MR) is 128 cm³/mol. The molecule has 214 valence electrons. The molecule has 2 fully saturated rings. The molecule has 0 saturated heterocycles. The van der Waals surface area contributed by atoms with Gasteiger partial charge < -0.3 is 15.2 Å². The Morgan fingerprint density at radius 2 is 1.56 bits per heavy atom. The molecule has 2 aliphatic carbocycles. The highest BCUT2D eigenvalue weighted by atomic mass is 19.4. The number of rotatable bonds is 8. The lowest BCUT2D eigenvalue weighted by molar-refractivity contribution is -0.145. The summed E-state index contributed by atoms with van der Waals surface area (Å²) in [6, 6.07) is 7.11.